The first kappa shape index (κ1) is 28.9. The van der Waals surface area contributed by atoms with E-state index in [0.29, 0.717) is 59.1 Å². The van der Waals surface area contributed by atoms with Gasteiger partial charge in [0.25, 0.3) is 10.0 Å². The van der Waals surface area contributed by atoms with Crippen molar-refractivity contribution in [2.24, 2.45) is 0 Å². The predicted molar refractivity (Wildman–Crippen MR) is 159 cm³/mol. The third-order valence-corrected chi connectivity index (χ3v) is 9.22. The Bertz CT molecular complexity index is 2000. The van der Waals surface area contributed by atoms with Gasteiger partial charge in [0.2, 0.25) is 21.8 Å². The van der Waals surface area contributed by atoms with Gasteiger partial charge in [-0.25, -0.2) is 8.42 Å². The maximum absolute atomic E-state index is 13.7. The van der Waals surface area contributed by atoms with Crippen molar-refractivity contribution in [1.29, 1.82) is 0 Å². The van der Waals surface area contributed by atoms with Crippen LogP contribution < -0.4 is 4.72 Å². The van der Waals surface area contributed by atoms with Crippen LogP contribution in [0.5, 0.6) is 0 Å². The quantitative estimate of drug-likeness (QED) is 0.270. The second-order valence-corrected chi connectivity index (χ2v) is 13.8. The molecule has 0 aliphatic carbocycles. The summed E-state index contributed by atoms with van der Waals surface area (Å²) in [7, 11) is -7.64. The lowest BCUT2D eigenvalue weighted by molar-refractivity contribution is 0.138. The molecule has 1 aliphatic heterocycles. The van der Waals surface area contributed by atoms with Gasteiger partial charge in [-0.3, -0.25) is 14.6 Å². The second-order valence-electron chi connectivity index (χ2n) is 10.2. The molecule has 0 spiro atoms. The maximum Gasteiger partial charge on any atom is 0.283 e. The van der Waals surface area contributed by atoms with Crippen LogP contribution in [0, 0.1) is 6.92 Å². The number of sulfonamides is 1. The van der Waals surface area contributed by atoms with Gasteiger partial charge in [0, 0.05) is 36.8 Å². The number of pyridine rings is 1. The molecule has 224 valence electrons. The molecule has 0 unspecified atom stereocenters. The van der Waals surface area contributed by atoms with Crippen LogP contribution in [0.1, 0.15) is 18.0 Å². The zero-order chi connectivity index (χ0) is 30.2. The zero-order valence-corrected chi connectivity index (χ0v) is 25.1. The predicted octanol–water partition coefficient (Wildman–Crippen LogP) is 3.29. The number of benzene rings is 2. The molecule has 0 atom stereocenters. The molecule has 0 amide bonds. The lowest BCUT2D eigenvalue weighted by atomic mass is 10.0. The van der Waals surface area contributed by atoms with E-state index in [0.717, 1.165) is 29.9 Å². The van der Waals surface area contributed by atoms with Gasteiger partial charge in [-0.2, -0.15) is 17.6 Å². The van der Waals surface area contributed by atoms with Crippen molar-refractivity contribution in [2.75, 3.05) is 37.3 Å². The molecule has 43 heavy (non-hydrogen) atoms. The molecule has 4 heterocycles. The maximum atomic E-state index is 13.7. The lowest BCUT2D eigenvalue weighted by Crippen LogP contribution is -2.25. The van der Waals surface area contributed by atoms with Crippen LogP contribution in [0.15, 0.2) is 70.2 Å². The summed E-state index contributed by atoms with van der Waals surface area (Å²) in [6.45, 7) is 5.05. The van der Waals surface area contributed by atoms with Gasteiger partial charge >= 0.3 is 0 Å². The number of nitrogens with one attached hydrogen (secondary N) is 1. The minimum atomic E-state index is -4.06. The molecule has 6 rings (SSSR count). The van der Waals surface area contributed by atoms with Crippen LogP contribution in [-0.4, -0.2) is 78.7 Å². The van der Waals surface area contributed by atoms with Crippen LogP contribution in [-0.2, 0) is 31.3 Å². The number of hydrogen-bond donors (Lipinski definition) is 1. The Kier molecular flexibility index (Phi) is 7.72. The third-order valence-electron chi connectivity index (χ3n) is 7.01. The van der Waals surface area contributed by atoms with Gasteiger partial charge in [0.15, 0.2) is 0 Å². The molecule has 13 nitrogen and oxygen atoms in total. The number of nitrogens with zero attached hydrogens (tertiary/aromatic N) is 6. The fourth-order valence-corrected chi connectivity index (χ4v) is 6.79. The molecule has 0 radical (unpaired) electrons. The highest BCUT2D eigenvalue weighted by Gasteiger charge is 2.25. The van der Waals surface area contributed by atoms with Crippen molar-refractivity contribution >= 4 is 36.6 Å². The largest absolute Gasteiger partial charge is 0.419 e. The van der Waals surface area contributed by atoms with E-state index >= 15 is 0 Å². The first-order valence-electron chi connectivity index (χ1n) is 13.5. The van der Waals surface area contributed by atoms with E-state index in [-0.39, 0.29) is 16.3 Å². The van der Waals surface area contributed by atoms with Crippen molar-refractivity contribution in [3.05, 3.63) is 72.5 Å². The second kappa shape index (κ2) is 11.5. The molecule has 1 N–H and O–H groups in total. The van der Waals surface area contributed by atoms with Crippen LogP contribution in [0.4, 0.5) is 5.69 Å². The monoisotopic (exact) mass is 623 g/mol. The number of ether oxygens (including phenoxy) is 1. The fourth-order valence-electron chi connectivity index (χ4n) is 4.90. The van der Waals surface area contributed by atoms with Crippen molar-refractivity contribution in [2.45, 2.75) is 24.8 Å². The number of aromatic nitrogens is 5. The minimum Gasteiger partial charge on any atom is -0.419 e. The normalized spacial score (nSPS) is 15.0. The summed E-state index contributed by atoms with van der Waals surface area (Å²) in [5.41, 5.74) is 2.60. The van der Waals surface area contributed by atoms with Crippen LogP contribution in [0.25, 0.3) is 33.5 Å². The standard InChI is InChI=1S/C28H29N7O6S2/c1-19-25(33-42(2,36)37)14-21(16-29-19)20-13-23(28-32-31-27(41-28)18-34-9-6-11-40-12-10-34)24-17-30-35(26(24)15-20)43(38,39)22-7-4-3-5-8-22/h3-5,7-8,13-17,33H,6,9-12,18H2,1-2H3. The molecular formula is C28H29N7O6S2. The summed E-state index contributed by atoms with van der Waals surface area (Å²) in [5.74, 6) is 0.607. The molecule has 3 aromatic heterocycles. The summed E-state index contributed by atoms with van der Waals surface area (Å²) in [5, 5.41) is 13.3. The number of anilines is 1. The van der Waals surface area contributed by atoms with Crippen molar-refractivity contribution < 1.29 is 26.0 Å². The first-order chi connectivity index (χ1) is 20.6. The van der Waals surface area contributed by atoms with E-state index in [2.05, 4.69) is 29.9 Å². The van der Waals surface area contributed by atoms with Gasteiger partial charge in [-0.15, -0.1) is 10.2 Å². The first-order valence-corrected chi connectivity index (χ1v) is 16.8. The van der Waals surface area contributed by atoms with Gasteiger partial charge in [0.05, 0.1) is 53.0 Å². The Morgan fingerprint density at radius 1 is 0.953 bits per heavy atom. The number of aryl methyl sites for hydroxylation is 1. The van der Waals surface area contributed by atoms with Crippen molar-refractivity contribution in [3.8, 4) is 22.6 Å². The van der Waals surface area contributed by atoms with Crippen molar-refractivity contribution in [1.82, 2.24) is 29.3 Å². The Morgan fingerprint density at radius 3 is 2.56 bits per heavy atom. The molecule has 15 heteroatoms. The smallest absolute Gasteiger partial charge is 0.283 e. The van der Waals surface area contributed by atoms with Crippen LogP contribution in [0.3, 0.4) is 0 Å². The van der Waals surface area contributed by atoms with E-state index in [9.17, 15) is 16.8 Å². The van der Waals surface area contributed by atoms with Crippen molar-refractivity contribution in [3.63, 3.8) is 0 Å². The Labute approximate surface area is 248 Å². The van der Waals surface area contributed by atoms with Gasteiger partial charge in [-0.1, -0.05) is 18.2 Å². The lowest BCUT2D eigenvalue weighted by Gasteiger charge is -2.15. The molecule has 0 saturated carbocycles. The SMILES string of the molecule is Cc1ncc(-c2cc(-c3nnc(CN4CCCOCC4)o3)c3cnn(S(=O)(=O)c4ccccc4)c3c2)cc1NS(C)(=O)=O. The number of rotatable bonds is 8. The van der Waals surface area contributed by atoms with Gasteiger partial charge in [0.1, 0.15) is 0 Å². The summed E-state index contributed by atoms with van der Waals surface area (Å²) in [6, 6.07) is 13.1. The summed E-state index contributed by atoms with van der Waals surface area (Å²) in [4.78, 5) is 6.62. The number of fused-ring (bicyclic) bond motifs is 1. The summed E-state index contributed by atoms with van der Waals surface area (Å²) >= 11 is 0. The molecule has 1 saturated heterocycles. The van der Waals surface area contributed by atoms with E-state index in [1.807, 2.05) is 0 Å². The molecule has 2 aromatic carbocycles. The molecular weight excluding hydrogens is 594 g/mol. The molecule has 5 aromatic rings. The third kappa shape index (κ3) is 6.15. The Morgan fingerprint density at radius 2 is 1.77 bits per heavy atom. The highest BCUT2D eigenvalue weighted by atomic mass is 32.2. The number of hydrogen-bond acceptors (Lipinski definition) is 11. The summed E-state index contributed by atoms with van der Waals surface area (Å²) in [6.07, 6.45) is 5.00. The average molecular weight is 624 g/mol. The Hall–Kier alpha value is -4.18. The van der Waals surface area contributed by atoms with E-state index < -0.39 is 20.0 Å². The molecule has 1 aliphatic rings. The van der Waals surface area contributed by atoms with E-state index in [4.69, 9.17) is 9.15 Å². The minimum absolute atomic E-state index is 0.0742. The zero-order valence-electron chi connectivity index (χ0n) is 23.5. The highest BCUT2D eigenvalue weighted by Crippen LogP contribution is 2.36. The average Bonchev–Trinajstić information content (AvgIpc) is 3.55. The van der Waals surface area contributed by atoms with E-state index in [1.165, 1.54) is 18.3 Å². The van der Waals surface area contributed by atoms with Crippen LogP contribution in [0.2, 0.25) is 0 Å². The molecule has 0 bridgehead atoms. The topological polar surface area (TPSA) is 162 Å². The summed E-state index contributed by atoms with van der Waals surface area (Å²) < 4.78 is 66.4. The van der Waals surface area contributed by atoms with Gasteiger partial charge < -0.3 is 9.15 Å². The van der Waals surface area contributed by atoms with E-state index in [1.54, 1.807) is 49.5 Å². The van der Waals surface area contributed by atoms with Gasteiger partial charge in [-0.05, 0) is 49.2 Å². The molecule has 1 fully saturated rings. The highest BCUT2D eigenvalue weighted by molar-refractivity contribution is 7.92. The van der Waals surface area contributed by atoms with Crippen LogP contribution >= 0.6 is 0 Å². The fraction of sp³-hybridized carbons (Fsp3) is 0.286. The Balaban J connectivity index is 1.49.